The van der Waals surface area contributed by atoms with E-state index in [1.165, 1.54) is 23.5 Å². The van der Waals surface area contributed by atoms with E-state index in [4.69, 9.17) is 9.15 Å². The Morgan fingerprint density at radius 1 is 1.19 bits per heavy atom. The first-order valence-corrected chi connectivity index (χ1v) is 12.2. The van der Waals surface area contributed by atoms with Crippen LogP contribution >= 0.6 is 0 Å². The van der Waals surface area contributed by atoms with Crippen LogP contribution in [0.1, 0.15) is 28.8 Å². The summed E-state index contributed by atoms with van der Waals surface area (Å²) in [5.74, 6) is -2.31. The number of carbonyl (C=O) groups is 3. The van der Waals surface area contributed by atoms with Crippen molar-refractivity contribution in [2.45, 2.75) is 36.8 Å². The van der Waals surface area contributed by atoms with Crippen molar-refractivity contribution in [1.29, 1.82) is 0 Å². The number of ether oxygens (including phenoxy) is 1. The number of sulfone groups is 1. The van der Waals surface area contributed by atoms with Crippen molar-refractivity contribution in [3.63, 3.8) is 0 Å². The highest BCUT2D eigenvalue weighted by molar-refractivity contribution is 7.90. The van der Waals surface area contributed by atoms with Gasteiger partial charge in [0.25, 0.3) is 5.91 Å². The molecule has 2 aliphatic heterocycles. The van der Waals surface area contributed by atoms with Crippen molar-refractivity contribution in [2.75, 3.05) is 18.9 Å². The summed E-state index contributed by atoms with van der Waals surface area (Å²) in [5, 5.41) is 2.53. The fraction of sp³-hybridized carbons (Fsp3) is 0.409. The molecular formula is C22H24N2O7S. The van der Waals surface area contributed by atoms with Crippen molar-refractivity contribution in [3.8, 4) is 0 Å². The van der Waals surface area contributed by atoms with Gasteiger partial charge in [0, 0.05) is 6.54 Å². The summed E-state index contributed by atoms with van der Waals surface area (Å²) in [7, 11) is -3.77. The van der Waals surface area contributed by atoms with Gasteiger partial charge in [0.05, 0.1) is 29.4 Å². The molecule has 2 saturated heterocycles. The molecule has 2 aromatic rings. The molecule has 2 amide bonds. The number of nitrogens with one attached hydrogen (secondary N) is 1. The Bertz CT molecular complexity index is 1080. The molecule has 1 aromatic heterocycles. The van der Waals surface area contributed by atoms with E-state index in [0.29, 0.717) is 24.9 Å². The maximum Gasteiger partial charge on any atom is 0.255 e. The van der Waals surface area contributed by atoms with Crippen molar-refractivity contribution in [2.24, 2.45) is 0 Å². The van der Waals surface area contributed by atoms with Crippen LogP contribution in [0, 0.1) is 0 Å². The number of furan rings is 1. The highest BCUT2D eigenvalue weighted by Gasteiger charge is 2.46. The van der Waals surface area contributed by atoms with Crippen molar-refractivity contribution in [3.05, 3.63) is 60.1 Å². The molecule has 9 nitrogen and oxygen atoms in total. The lowest BCUT2D eigenvalue weighted by Crippen LogP contribution is -2.59. The highest BCUT2D eigenvalue weighted by atomic mass is 32.2. The highest BCUT2D eigenvalue weighted by Crippen LogP contribution is 2.27. The first kappa shape index (κ1) is 22.2. The zero-order chi connectivity index (χ0) is 22.7. The van der Waals surface area contributed by atoms with Gasteiger partial charge in [0.1, 0.15) is 25.0 Å². The van der Waals surface area contributed by atoms with Crippen LogP contribution in [0.2, 0.25) is 0 Å². The molecule has 0 spiro atoms. The van der Waals surface area contributed by atoms with E-state index >= 15 is 0 Å². The molecule has 1 aromatic carbocycles. The van der Waals surface area contributed by atoms with Crippen LogP contribution in [0.5, 0.6) is 0 Å². The topological polar surface area (TPSA) is 123 Å². The number of rotatable bonds is 7. The van der Waals surface area contributed by atoms with Crippen LogP contribution in [0.3, 0.4) is 0 Å². The Kier molecular flexibility index (Phi) is 6.43. The standard InChI is InChI=1S/C22H24N2O7S/c25-18-12-31-19-7-4-9-24(20(18)19)22(27)17(23-21(26)16-8-10-30-11-16)14-32(28,29)13-15-5-2-1-3-6-15/h1-3,5-6,8,10-11,17,19-20H,4,7,9,12-14H2,(H,23,26). The number of carbonyl (C=O) groups excluding carboxylic acids is 3. The van der Waals surface area contributed by atoms with Gasteiger partial charge in [0.15, 0.2) is 15.6 Å². The number of piperidine rings is 1. The molecule has 1 N–H and O–H groups in total. The maximum absolute atomic E-state index is 13.4. The number of amides is 2. The van der Waals surface area contributed by atoms with Crippen LogP contribution in [0.25, 0.3) is 0 Å². The van der Waals surface area contributed by atoms with Gasteiger partial charge in [-0.25, -0.2) is 8.42 Å². The van der Waals surface area contributed by atoms with Crippen molar-refractivity contribution >= 4 is 27.4 Å². The van der Waals surface area contributed by atoms with E-state index in [9.17, 15) is 22.8 Å². The molecule has 32 heavy (non-hydrogen) atoms. The smallest absolute Gasteiger partial charge is 0.255 e. The first-order chi connectivity index (χ1) is 15.3. The summed E-state index contributed by atoms with van der Waals surface area (Å²) in [6.45, 7) is 0.226. The second-order valence-corrected chi connectivity index (χ2v) is 10.1. The minimum Gasteiger partial charge on any atom is -0.472 e. The molecule has 0 radical (unpaired) electrons. The van der Waals surface area contributed by atoms with Crippen LogP contribution < -0.4 is 5.32 Å². The second kappa shape index (κ2) is 9.25. The predicted octanol–water partition coefficient (Wildman–Crippen LogP) is 0.952. The lowest BCUT2D eigenvalue weighted by Gasteiger charge is -2.37. The zero-order valence-electron chi connectivity index (χ0n) is 17.3. The van der Waals surface area contributed by atoms with E-state index in [0.717, 1.165) is 0 Å². The summed E-state index contributed by atoms with van der Waals surface area (Å²) in [6, 6.07) is 7.92. The molecule has 10 heteroatoms. The number of benzene rings is 1. The zero-order valence-corrected chi connectivity index (χ0v) is 18.1. The first-order valence-electron chi connectivity index (χ1n) is 10.4. The number of likely N-dealkylation sites (tertiary alicyclic amines) is 1. The largest absolute Gasteiger partial charge is 0.472 e. The van der Waals surface area contributed by atoms with Crippen LogP contribution in [0.15, 0.2) is 53.3 Å². The second-order valence-electron chi connectivity index (χ2n) is 8.01. The Morgan fingerprint density at radius 3 is 2.69 bits per heavy atom. The molecule has 170 valence electrons. The summed E-state index contributed by atoms with van der Waals surface area (Å²) >= 11 is 0. The number of nitrogens with zero attached hydrogens (tertiary/aromatic N) is 1. The number of fused-ring (bicyclic) bond motifs is 1. The summed E-state index contributed by atoms with van der Waals surface area (Å²) < 4.78 is 36.2. The average molecular weight is 461 g/mol. The fourth-order valence-electron chi connectivity index (χ4n) is 4.19. The van der Waals surface area contributed by atoms with Crippen LogP contribution in [0.4, 0.5) is 0 Å². The molecule has 0 bridgehead atoms. The molecule has 3 heterocycles. The van der Waals surface area contributed by atoms with Gasteiger partial charge in [-0.3, -0.25) is 14.4 Å². The van der Waals surface area contributed by atoms with E-state index in [1.807, 2.05) is 0 Å². The van der Waals surface area contributed by atoms with Gasteiger partial charge < -0.3 is 19.4 Å². The molecule has 2 aliphatic rings. The van der Waals surface area contributed by atoms with Crippen LogP contribution in [-0.4, -0.2) is 68.0 Å². The fourth-order valence-corrected chi connectivity index (χ4v) is 5.74. The normalized spacial score (nSPS) is 21.8. The Labute approximate surface area is 185 Å². The van der Waals surface area contributed by atoms with E-state index in [1.54, 1.807) is 30.3 Å². The molecule has 4 rings (SSSR count). The lowest BCUT2D eigenvalue weighted by atomic mass is 9.97. The summed E-state index contributed by atoms with van der Waals surface area (Å²) in [4.78, 5) is 39.8. The summed E-state index contributed by atoms with van der Waals surface area (Å²) in [6.07, 6.45) is 3.39. The van der Waals surface area contributed by atoms with Crippen LogP contribution in [-0.2, 0) is 29.9 Å². The maximum atomic E-state index is 13.4. The van der Waals surface area contributed by atoms with E-state index in [2.05, 4.69) is 5.32 Å². The molecule has 3 atom stereocenters. The minimum absolute atomic E-state index is 0.0720. The molecule has 3 unspecified atom stereocenters. The monoisotopic (exact) mass is 460 g/mol. The average Bonchev–Trinajstić information content (AvgIpc) is 3.43. The Hall–Kier alpha value is -2.98. The van der Waals surface area contributed by atoms with Gasteiger partial charge in [-0.2, -0.15) is 0 Å². The number of hydrogen-bond donors (Lipinski definition) is 1. The number of Topliss-reactive ketones (excluding diaryl/α,β-unsaturated/α-hetero) is 1. The number of hydrogen-bond acceptors (Lipinski definition) is 7. The Balaban J connectivity index is 1.57. The predicted molar refractivity (Wildman–Crippen MR) is 113 cm³/mol. The lowest BCUT2D eigenvalue weighted by molar-refractivity contribution is -0.142. The minimum atomic E-state index is -3.77. The third kappa shape index (κ3) is 4.91. The van der Waals surface area contributed by atoms with E-state index in [-0.39, 0.29) is 23.7 Å². The van der Waals surface area contributed by atoms with Gasteiger partial charge in [-0.1, -0.05) is 30.3 Å². The van der Waals surface area contributed by atoms with Gasteiger partial charge >= 0.3 is 0 Å². The van der Waals surface area contributed by atoms with E-state index < -0.39 is 45.6 Å². The van der Waals surface area contributed by atoms with Gasteiger partial charge in [-0.15, -0.1) is 0 Å². The molecule has 2 fully saturated rings. The quantitative estimate of drug-likeness (QED) is 0.653. The number of ketones is 1. The Morgan fingerprint density at radius 2 is 1.97 bits per heavy atom. The van der Waals surface area contributed by atoms with Crippen molar-refractivity contribution < 1.29 is 32.0 Å². The molecule has 0 saturated carbocycles. The third-order valence-electron chi connectivity index (χ3n) is 5.67. The SMILES string of the molecule is O=C(NC(CS(=O)(=O)Cc1ccccc1)C(=O)N1CCCC2OCC(=O)C21)c1ccoc1. The summed E-state index contributed by atoms with van der Waals surface area (Å²) in [5.41, 5.74) is 0.748. The molecule has 0 aliphatic carbocycles. The van der Waals surface area contributed by atoms with Gasteiger partial charge in [-0.05, 0) is 24.5 Å². The third-order valence-corrected chi connectivity index (χ3v) is 7.28. The molecular weight excluding hydrogens is 436 g/mol. The van der Waals surface area contributed by atoms with Crippen molar-refractivity contribution in [1.82, 2.24) is 10.2 Å². The van der Waals surface area contributed by atoms with Gasteiger partial charge in [0.2, 0.25) is 5.91 Å².